The summed E-state index contributed by atoms with van der Waals surface area (Å²) < 4.78 is 10.4. The van der Waals surface area contributed by atoms with E-state index in [0.717, 1.165) is 0 Å². The summed E-state index contributed by atoms with van der Waals surface area (Å²) in [6.45, 7) is 0. The molecule has 106 valence electrons. The maximum atomic E-state index is 5.86. The van der Waals surface area contributed by atoms with Gasteiger partial charge in [-0.2, -0.15) is 4.98 Å². The summed E-state index contributed by atoms with van der Waals surface area (Å²) in [5, 5.41) is 4.38. The van der Waals surface area contributed by atoms with E-state index in [2.05, 4.69) is 20.5 Å². The monoisotopic (exact) mass is 296 g/mol. The maximum Gasteiger partial charge on any atom is 0.224 e. The summed E-state index contributed by atoms with van der Waals surface area (Å²) >= 11 is 5.86. The Labute approximate surface area is 119 Å². The standard InChI is InChI=1S/C11H13ClN6O2/c1-19-7-3-5-6(4-8(7)20-2)15-10(12)16-9(5)17-18-11(13)14/h3-4H,1-2H3,(H4,13,14,18)(H,15,16,17). The van der Waals surface area contributed by atoms with Crippen LogP contribution in [0.15, 0.2) is 17.2 Å². The molecule has 2 rings (SSSR count). The molecule has 8 nitrogen and oxygen atoms in total. The molecular formula is C11H13ClN6O2. The fourth-order valence-corrected chi connectivity index (χ4v) is 1.81. The van der Waals surface area contributed by atoms with Gasteiger partial charge in [0.1, 0.15) is 0 Å². The van der Waals surface area contributed by atoms with Crippen molar-refractivity contribution in [2.24, 2.45) is 16.6 Å². The number of hydrogen-bond acceptors (Lipinski definition) is 6. The van der Waals surface area contributed by atoms with Crippen LogP contribution in [0.5, 0.6) is 11.5 Å². The van der Waals surface area contributed by atoms with Crippen LogP contribution in [0.2, 0.25) is 5.28 Å². The Morgan fingerprint density at radius 2 is 1.85 bits per heavy atom. The van der Waals surface area contributed by atoms with Crippen LogP contribution in [0.1, 0.15) is 0 Å². The van der Waals surface area contributed by atoms with E-state index in [0.29, 0.717) is 28.2 Å². The van der Waals surface area contributed by atoms with E-state index in [1.165, 1.54) is 14.2 Å². The Bertz CT molecular complexity index is 672. The molecule has 0 unspecified atom stereocenters. The van der Waals surface area contributed by atoms with Gasteiger partial charge in [0.25, 0.3) is 0 Å². The minimum Gasteiger partial charge on any atom is -0.493 e. The maximum absolute atomic E-state index is 5.86. The predicted molar refractivity (Wildman–Crippen MR) is 77.1 cm³/mol. The number of rotatable bonds is 4. The van der Waals surface area contributed by atoms with Crippen molar-refractivity contribution in [1.29, 1.82) is 0 Å². The molecule has 0 saturated carbocycles. The third-order valence-corrected chi connectivity index (χ3v) is 2.63. The highest BCUT2D eigenvalue weighted by atomic mass is 35.5. The van der Waals surface area contributed by atoms with Gasteiger partial charge in [0.05, 0.1) is 19.7 Å². The molecule has 0 saturated heterocycles. The van der Waals surface area contributed by atoms with Crippen molar-refractivity contribution in [3.05, 3.63) is 17.4 Å². The molecule has 2 aromatic rings. The van der Waals surface area contributed by atoms with Crippen LogP contribution in [-0.2, 0) is 0 Å². The number of aromatic nitrogens is 2. The van der Waals surface area contributed by atoms with Crippen LogP contribution in [0.25, 0.3) is 10.9 Å². The first-order chi connectivity index (χ1) is 9.55. The van der Waals surface area contributed by atoms with Gasteiger partial charge < -0.3 is 20.9 Å². The molecule has 0 aliphatic carbocycles. The lowest BCUT2D eigenvalue weighted by molar-refractivity contribution is 0.356. The van der Waals surface area contributed by atoms with Gasteiger partial charge in [-0.3, -0.25) is 5.43 Å². The second kappa shape index (κ2) is 5.66. The molecule has 9 heteroatoms. The van der Waals surface area contributed by atoms with Crippen molar-refractivity contribution in [3.8, 4) is 11.5 Å². The summed E-state index contributed by atoms with van der Waals surface area (Å²) in [5.74, 6) is 1.28. The highest BCUT2D eigenvalue weighted by Gasteiger charge is 2.12. The van der Waals surface area contributed by atoms with E-state index in [1.807, 2.05) is 0 Å². The Hall–Kier alpha value is -2.48. The number of nitrogens with two attached hydrogens (primary N) is 2. The number of guanidine groups is 1. The first-order valence-corrected chi connectivity index (χ1v) is 5.87. The number of nitrogens with one attached hydrogen (secondary N) is 1. The van der Waals surface area contributed by atoms with Gasteiger partial charge in [0.2, 0.25) is 11.2 Å². The van der Waals surface area contributed by atoms with Crippen molar-refractivity contribution < 1.29 is 9.47 Å². The third kappa shape index (κ3) is 2.75. The summed E-state index contributed by atoms with van der Waals surface area (Å²) in [6, 6.07) is 3.39. The Balaban J connectivity index is 2.65. The van der Waals surface area contributed by atoms with E-state index < -0.39 is 0 Å². The van der Waals surface area contributed by atoms with E-state index in [-0.39, 0.29) is 11.2 Å². The minimum absolute atomic E-state index is 0.0537. The molecule has 1 heterocycles. The van der Waals surface area contributed by atoms with Crippen molar-refractivity contribution in [2.45, 2.75) is 0 Å². The van der Waals surface area contributed by atoms with Gasteiger partial charge in [-0.1, -0.05) is 0 Å². The van der Waals surface area contributed by atoms with Crippen molar-refractivity contribution in [3.63, 3.8) is 0 Å². The molecule has 0 radical (unpaired) electrons. The normalized spacial score (nSPS) is 10.2. The number of hydrazone groups is 1. The molecule has 20 heavy (non-hydrogen) atoms. The number of nitrogens with zero attached hydrogens (tertiary/aromatic N) is 3. The van der Waals surface area contributed by atoms with Gasteiger partial charge in [-0.25, -0.2) is 4.98 Å². The minimum atomic E-state index is -0.131. The van der Waals surface area contributed by atoms with Crippen LogP contribution in [0.4, 0.5) is 5.82 Å². The third-order valence-electron chi connectivity index (χ3n) is 2.46. The average Bonchev–Trinajstić information content (AvgIpc) is 2.42. The Morgan fingerprint density at radius 3 is 2.45 bits per heavy atom. The predicted octanol–water partition coefficient (Wildman–Crippen LogP) is 0.901. The number of methoxy groups -OCH3 is 2. The van der Waals surface area contributed by atoms with Crippen LogP contribution >= 0.6 is 11.6 Å². The molecule has 5 N–H and O–H groups in total. The van der Waals surface area contributed by atoms with Crippen LogP contribution < -0.4 is 26.4 Å². The lowest BCUT2D eigenvalue weighted by Crippen LogP contribution is -2.24. The number of fused-ring (bicyclic) bond motifs is 1. The molecule has 0 amide bonds. The van der Waals surface area contributed by atoms with E-state index >= 15 is 0 Å². The van der Waals surface area contributed by atoms with Gasteiger partial charge in [-0.15, -0.1) is 5.10 Å². The lowest BCUT2D eigenvalue weighted by atomic mass is 10.2. The average molecular weight is 297 g/mol. The summed E-state index contributed by atoms with van der Waals surface area (Å²) in [7, 11) is 3.06. The summed E-state index contributed by atoms with van der Waals surface area (Å²) in [5.41, 5.74) is 13.7. The highest BCUT2D eigenvalue weighted by Crippen LogP contribution is 2.34. The largest absolute Gasteiger partial charge is 0.493 e. The summed E-state index contributed by atoms with van der Waals surface area (Å²) in [6.07, 6.45) is 0. The van der Waals surface area contributed by atoms with Crippen LogP contribution in [0, 0.1) is 0 Å². The van der Waals surface area contributed by atoms with Crippen molar-refractivity contribution in [1.82, 2.24) is 9.97 Å². The number of halogens is 1. The molecule has 0 bridgehead atoms. The highest BCUT2D eigenvalue weighted by molar-refractivity contribution is 6.28. The van der Waals surface area contributed by atoms with Crippen LogP contribution in [-0.4, -0.2) is 30.1 Å². The zero-order valence-electron chi connectivity index (χ0n) is 10.8. The fraction of sp³-hybridized carbons (Fsp3) is 0.182. The summed E-state index contributed by atoms with van der Waals surface area (Å²) in [4.78, 5) is 8.15. The van der Waals surface area contributed by atoms with E-state index in [9.17, 15) is 0 Å². The van der Waals surface area contributed by atoms with Gasteiger partial charge in [-0.05, 0) is 17.7 Å². The zero-order chi connectivity index (χ0) is 14.7. The van der Waals surface area contributed by atoms with Crippen LogP contribution in [0.3, 0.4) is 0 Å². The molecule has 1 aromatic heterocycles. The van der Waals surface area contributed by atoms with Crippen molar-refractivity contribution >= 4 is 34.3 Å². The number of anilines is 1. The SMILES string of the molecule is COc1cc2nc(Cl)nc(NN=C(N)N)c2cc1OC. The van der Waals surface area contributed by atoms with Gasteiger partial charge >= 0.3 is 0 Å². The van der Waals surface area contributed by atoms with Gasteiger partial charge in [0.15, 0.2) is 17.3 Å². The molecular weight excluding hydrogens is 284 g/mol. The fourth-order valence-electron chi connectivity index (χ4n) is 1.63. The Kier molecular flexibility index (Phi) is 3.94. The second-order valence-electron chi connectivity index (χ2n) is 3.71. The Morgan fingerprint density at radius 1 is 1.20 bits per heavy atom. The first kappa shape index (κ1) is 13.9. The van der Waals surface area contributed by atoms with Crippen molar-refractivity contribution in [2.75, 3.05) is 19.6 Å². The molecule has 0 fully saturated rings. The molecule has 0 aliphatic heterocycles. The lowest BCUT2D eigenvalue weighted by Gasteiger charge is -2.11. The smallest absolute Gasteiger partial charge is 0.224 e. The van der Waals surface area contributed by atoms with Gasteiger partial charge in [0, 0.05) is 11.5 Å². The zero-order valence-corrected chi connectivity index (χ0v) is 11.6. The van der Waals surface area contributed by atoms with E-state index in [4.69, 9.17) is 32.5 Å². The topological polar surface area (TPSA) is 121 Å². The first-order valence-electron chi connectivity index (χ1n) is 5.49. The molecule has 0 aliphatic rings. The molecule has 1 aromatic carbocycles. The number of hydrogen-bond donors (Lipinski definition) is 3. The number of benzene rings is 1. The number of ether oxygens (including phenoxy) is 2. The second-order valence-corrected chi connectivity index (χ2v) is 4.05. The molecule has 0 spiro atoms. The molecule has 0 atom stereocenters. The quantitative estimate of drug-likeness (QED) is 0.332. The van der Waals surface area contributed by atoms with E-state index in [1.54, 1.807) is 12.1 Å².